The largest absolute Gasteiger partial charge is 0.383 e. The van der Waals surface area contributed by atoms with Gasteiger partial charge in [0.05, 0.1) is 0 Å². The van der Waals surface area contributed by atoms with Gasteiger partial charge in [0.1, 0.15) is 11.9 Å². The SMILES string of the molecule is COC(c1ncc(CN)c(N)n1)C(C)(C)C. The summed E-state index contributed by atoms with van der Waals surface area (Å²) < 4.78 is 5.42. The molecule has 0 radical (unpaired) electrons. The van der Waals surface area contributed by atoms with Crippen LogP contribution in [0.15, 0.2) is 6.20 Å². The Kier molecular flexibility index (Phi) is 3.83. The Morgan fingerprint density at radius 3 is 2.44 bits per heavy atom. The molecule has 0 bridgehead atoms. The number of aromatic nitrogens is 2. The number of hydrogen-bond donors (Lipinski definition) is 2. The number of nitrogens with two attached hydrogens (primary N) is 2. The maximum atomic E-state index is 5.78. The van der Waals surface area contributed by atoms with E-state index in [1.807, 2.05) is 0 Å². The Balaban J connectivity index is 3.08. The molecule has 1 heterocycles. The molecule has 5 heteroatoms. The third-order valence-electron chi connectivity index (χ3n) is 2.39. The van der Waals surface area contributed by atoms with E-state index < -0.39 is 0 Å². The number of nitrogen functional groups attached to an aromatic ring is 1. The minimum Gasteiger partial charge on any atom is -0.383 e. The summed E-state index contributed by atoms with van der Waals surface area (Å²) in [4.78, 5) is 8.50. The first kappa shape index (κ1) is 12.9. The summed E-state index contributed by atoms with van der Waals surface area (Å²) in [5, 5.41) is 0. The lowest BCUT2D eigenvalue weighted by Gasteiger charge is -2.28. The molecule has 5 nitrogen and oxygen atoms in total. The van der Waals surface area contributed by atoms with Gasteiger partial charge in [-0.15, -0.1) is 0 Å². The van der Waals surface area contributed by atoms with Crippen molar-refractivity contribution in [2.75, 3.05) is 12.8 Å². The van der Waals surface area contributed by atoms with Gasteiger partial charge < -0.3 is 16.2 Å². The molecule has 0 aliphatic rings. The minimum atomic E-state index is -0.179. The molecule has 1 atom stereocenters. The topological polar surface area (TPSA) is 87.0 Å². The second kappa shape index (κ2) is 4.76. The molecule has 1 aromatic heterocycles. The molecule has 0 spiro atoms. The van der Waals surface area contributed by atoms with E-state index in [0.29, 0.717) is 18.2 Å². The van der Waals surface area contributed by atoms with Crippen molar-refractivity contribution in [2.24, 2.45) is 11.1 Å². The lowest BCUT2D eigenvalue weighted by Crippen LogP contribution is -2.23. The van der Waals surface area contributed by atoms with Gasteiger partial charge in [0.15, 0.2) is 5.82 Å². The zero-order valence-corrected chi connectivity index (χ0v) is 10.3. The van der Waals surface area contributed by atoms with Crippen LogP contribution in [0.1, 0.15) is 38.3 Å². The van der Waals surface area contributed by atoms with E-state index >= 15 is 0 Å². The first-order valence-corrected chi connectivity index (χ1v) is 5.24. The van der Waals surface area contributed by atoms with Crippen molar-refractivity contribution in [1.29, 1.82) is 0 Å². The van der Waals surface area contributed by atoms with Crippen molar-refractivity contribution in [3.8, 4) is 0 Å². The number of hydrogen-bond acceptors (Lipinski definition) is 5. The third kappa shape index (κ3) is 2.68. The summed E-state index contributed by atoms with van der Waals surface area (Å²) in [6.45, 7) is 6.55. The highest BCUT2D eigenvalue weighted by Crippen LogP contribution is 2.33. The molecule has 0 amide bonds. The van der Waals surface area contributed by atoms with E-state index in [9.17, 15) is 0 Å². The van der Waals surface area contributed by atoms with Gasteiger partial charge in [0.25, 0.3) is 0 Å². The van der Waals surface area contributed by atoms with Crippen LogP contribution in [0.5, 0.6) is 0 Å². The summed E-state index contributed by atoms with van der Waals surface area (Å²) in [6, 6.07) is 0. The Hall–Kier alpha value is -1.20. The minimum absolute atomic E-state index is 0.0780. The fraction of sp³-hybridized carbons (Fsp3) is 0.636. The van der Waals surface area contributed by atoms with Crippen molar-refractivity contribution < 1.29 is 4.74 Å². The summed E-state index contributed by atoms with van der Waals surface area (Å²) in [6.07, 6.45) is 1.48. The maximum absolute atomic E-state index is 5.78. The van der Waals surface area contributed by atoms with E-state index in [0.717, 1.165) is 5.56 Å². The molecule has 1 unspecified atom stereocenters. The van der Waals surface area contributed by atoms with Gasteiger partial charge in [0, 0.05) is 25.4 Å². The van der Waals surface area contributed by atoms with Crippen molar-refractivity contribution in [1.82, 2.24) is 9.97 Å². The van der Waals surface area contributed by atoms with Gasteiger partial charge in [-0.2, -0.15) is 0 Å². The predicted molar refractivity (Wildman–Crippen MR) is 63.5 cm³/mol. The third-order valence-corrected chi connectivity index (χ3v) is 2.39. The molecule has 90 valence electrons. The Morgan fingerprint density at radius 1 is 1.44 bits per heavy atom. The first-order valence-electron chi connectivity index (χ1n) is 5.24. The van der Waals surface area contributed by atoms with Gasteiger partial charge >= 0.3 is 0 Å². The average molecular weight is 224 g/mol. The number of rotatable bonds is 3. The highest BCUT2D eigenvalue weighted by molar-refractivity contribution is 5.37. The second-order valence-corrected chi connectivity index (χ2v) is 4.82. The molecule has 4 N–H and O–H groups in total. The monoisotopic (exact) mass is 224 g/mol. The first-order chi connectivity index (χ1) is 7.40. The van der Waals surface area contributed by atoms with Crippen molar-refractivity contribution in [3.63, 3.8) is 0 Å². The van der Waals surface area contributed by atoms with Crippen LogP contribution in [0.2, 0.25) is 0 Å². The highest BCUT2D eigenvalue weighted by atomic mass is 16.5. The molecular formula is C11H20N4O. The molecule has 0 aliphatic heterocycles. The quantitative estimate of drug-likeness (QED) is 0.806. The predicted octanol–water partition coefficient (Wildman–Crippen LogP) is 1.25. The molecule has 0 saturated carbocycles. The average Bonchev–Trinajstić information content (AvgIpc) is 2.17. The van der Waals surface area contributed by atoms with E-state index in [4.69, 9.17) is 16.2 Å². The van der Waals surface area contributed by atoms with Crippen LogP contribution in [-0.4, -0.2) is 17.1 Å². The standard InChI is InChI=1S/C11H20N4O/c1-11(2,3)8(16-4)10-14-6-7(5-12)9(13)15-10/h6,8H,5,12H2,1-4H3,(H2,13,14,15). The normalized spacial score (nSPS) is 13.8. The van der Waals surface area contributed by atoms with Gasteiger partial charge in [-0.3, -0.25) is 0 Å². The molecule has 1 rings (SSSR count). The smallest absolute Gasteiger partial charge is 0.160 e. The number of ether oxygens (including phenoxy) is 1. The van der Waals surface area contributed by atoms with Crippen molar-refractivity contribution in [3.05, 3.63) is 17.6 Å². The Morgan fingerprint density at radius 2 is 2.06 bits per heavy atom. The van der Waals surface area contributed by atoms with Crippen LogP contribution in [0, 0.1) is 5.41 Å². The van der Waals surface area contributed by atoms with Crippen LogP contribution in [-0.2, 0) is 11.3 Å². The van der Waals surface area contributed by atoms with Crippen LogP contribution in [0.4, 0.5) is 5.82 Å². The molecule has 0 saturated heterocycles. The van der Waals surface area contributed by atoms with E-state index in [1.165, 1.54) is 0 Å². The lowest BCUT2D eigenvalue weighted by molar-refractivity contribution is 0.00873. The Labute approximate surface area is 96.2 Å². The van der Waals surface area contributed by atoms with Crippen LogP contribution >= 0.6 is 0 Å². The Bertz CT molecular complexity index is 359. The maximum Gasteiger partial charge on any atom is 0.160 e. The molecule has 0 fully saturated rings. The summed E-state index contributed by atoms with van der Waals surface area (Å²) in [5.41, 5.74) is 12.0. The van der Waals surface area contributed by atoms with Gasteiger partial charge in [-0.1, -0.05) is 20.8 Å². The fourth-order valence-corrected chi connectivity index (χ4v) is 1.56. The summed E-state index contributed by atoms with van der Waals surface area (Å²) in [7, 11) is 1.65. The second-order valence-electron chi connectivity index (χ2n) is 4.82. The zero-order chi connectivity index (χ0) is 12.3. The van der Waals surface area contributed by atoms with Crippen LogP contribution in [0.25, 0.3) is 0 Å². The van der Waals surface area contributed by atoms with E-state index in [1.54, 1.807) is 13.3 Å². The summed E-state index contributed by atoms with van der Waals surface area (Å²) in [5.74, 6) is 1.03. The fourth-order valence-electron chi connectivity index (χ4n) is 1.56. The molecule has 0 aromatic carbocycles. The molecule has 1 aromatic rings. The van der Waals surface area contributed by atoms with Gasteiger partial charge in [-0.25, -0.2) is 9.97 Å². The molecule has 0 aliphatic carbocycles. The molecule has 16 heavy (non-hydrogen) atoms. The van der Waals surface area contributed by atoms with Crippen molar-refractivity contribution in [2.45, 2.75) is 33.4 Å². The van der Waals surface area contributed by atoms with E-state index in [2.05, 4.69) is 30.7 Å². The van der Waals surface area contributed by atoms with E-state index in [-0.39, 0.29) is 11.5 Å². The molecular weight excluding hydrogens is 204 g/mol. The van der Waals surface area contributed by atoms with Crippen LogP contribution in [0.3, 0.4) is 0 Å². The number of methoxy groups -OCH3 is 1. The number of nitrogens with zero attached hydrogens (tertiary/aromatic N) is 2. The summed E-state index contributed by atoms with van der Waals surface area (Å²) >= 11 is 0. The number of anilines is 1. The zero-order valence-electron chi connectivity index (χ0n) is 10.3. The van der Waals surface area contributed by atoms with Gasteiger partial charge in [0.2, 0.25) is 0 Å². The highest BCUT2D eigenvalue weighted by Gasteiger charge is 2.28. The van der Waals surface area contributed by atoms with Crippen molar-refractivity contribution >= 4 is 5.82 Å². The van der Waals surface area contributed by atoms with Gasteiger partial charge in [-0.05, 0) is 5.41 Å². The lowest BCUT2D eigenvalue weighted by atomic mass is 9.88. The van der Waals surface area contributed by atoms with Crippen LogP contribution < -0.4 is 11.5 Å².